The van der Waals surface area contributed by atoms with Gasteiger partial charge in [0.25, 0.3) is 0 Å². The average Bonchev–Trinajstić information content (AvgIpc) is 3.16. The lowest BCUT2D eigenvalue weighted by Gasteiger charge is -2.18. The van der Waals surface area contributed by atoms with E-state index in [-0.39, 0.29) is 31.1 Å². The van der Waals surface area contributed by atoms with Crippen LogP contribution in [0, 0.1) is 17.8 Å². The highest BCUT2D eigenvalue weighted by atomic mass is 16.6. The second kappa shape index (κ2) is 41.6. The van der Waals surface area contributed by atoms with Crippen molar-refractivity contribution in [2.24, 2.45) is 17.8 Å². The molecule has 0 saturated carbocycles. The Morgan fingerprint density at radius 3 is 0.929 bits per heavy atom. The van der Waals surface area contributed by atoms with Gasteiger partial charge < -0.3 is 14.2 Å². The molecule has 2 atom stereocenters. The lowest BCUT2D eigenvalue weighted by atomic mass is 9.99. The molecule has 0 amide bonds. The average molecular weight is 793 g/mol. The van der Waals surface area contributed by atoms with E-state index in [0.717, 1.165) is 75.5 Å². The summed E-state index contributed by atoms with van der Waals surface area (Å²) in [7, 11) is 0. The molecule has 0 aliphatic rings. The molecular formula is C50H96O6. The van der Waals surface area contributed by atoms with Gasteiger partial charge in [0.05, 0.1) is 0 Å². The minimum Gasteiger partial charge on any atom is -0.462 e. The molecule has 332 valence electrons. The van der Waals surface area contributed by atoms with Gasteiger partial charge in [-0.15, -0.1) is 0 Å². The molecule has 6 nitrogen and oxygen atoms in total. The highest BCUT2D eigenvalue weighted by Gasteiger charge is 2.19. The van der Waals surface area contributed by atoms with Crippen LogP contribution in [-0.4, -0.2) is 37.2 Å². The molecule has 56 heavy (non-hydrogen) atoms. The standard InChI is InChI=1S/C50H96O6/c1-7-46(6)38-32-26-20-13-9-11-15-22-28-34-40-49(52)55-43-47(56-50(53)41-35-29-23-17-16-19-25-31-37-45(4)5)42-54-48(51)39-33-27-21-14-10-8-12-18-24-30-36-44(2)3/h44-47H,7-43H2,1-6H3/t46?,47-/m0/s1. The fourth-order valence-corrected chi connectivity index (χ4v) is 7.38. The number of unbranched alkanes of at least 4 members (excludes halogenated alkanes) is 25. The second-order valence-electron chi connectivity index (χ2n) is 18.3. The molecule has 0 fully saturated rings. The Bertz CT molecular complexity index is 870. The van der Waals surface area contributed by atoms with E-state index in [1.807, 2.05) is 0 Å². The van der Waals surface area contributed by atoms with Crippen LogP contribution in [0.15, 0.2) is 0 Å². The monoisotopic (exact) mass is 793 g/mol. The van der Waals surface area contributed by atoms with Gasteiger partial charge in [0.15, 0.2) is 6.10 Å². The molecule has 0 saturated heterocycles. The highest BCUT2D eigenvalue weighted by Crippen LogP contribution is 2.18. The molecule has 0 bridgehead atoms. The topological polar surface area (TPSA) is 78.9 Å². The van der Waals surface area contributed by atoms with Crippen LogP contribution in [0.5, 0.6) is 0 Å². The van der Waals surface area contributed by atoms with Crippen molar-refractivity contribution in [2.45, 2.75) is 272 Å². The van der Waals surface area contributed by atoms with Crippen molar-refractivity contribution in [1.82, 2.24) is 0 Å². The molecule has 0 aromatic rings. The summed E-state index contributed by atoms with van der Waals surface area (Å²) in [5.41, 5.74) is 0. The lowest BCUT2D eigenvalue weighted by molar-refractivity contribution is -0.167. The van der Waals surface area contributed by atoms with Crippen LogP contribution in [-0.2, 0) is 28.6 Å². The van der Waals surface area contributed by atoms with Crippen molar-refractivity contribution in [3.63, 3.8) is 0 Å². The van der Waals surface area contributed by atoms with Crippen molar-refractivity contribution >= 4 is 17.9 Å². The van der Waals surface area contributed by atoms with Crippen LogP contribution in [0.25, 0.3) is 0 Å². The van der Waals surface area contributed by atoms with Gasteiger partial charge in [-0.05, 0) is 37.0 Å². The first kappa shape index (κ1) is 54.4. The van der Waals surface area contributed by atoms with E-state index in [1.165, 1.54) is 148 Å². The van der Waals surface area contributed by atoms with Gasteiger partial charge >= 0.3 is 17.9 Å². The quantitative estimate of drug-likeness (QED) is 0.0348. The second-order valence-corrected chi connectivity index (χ2v) is 18.3. The third-order valence-corrected chi connectivity index (χ3v) is 11.5. The maximum Gasteiger partial charge on any atom is 0.306 e. The Morgan fingerprint density at radius 2 is 0.625 bits per heavy atom. The third-order valence-electron chi connectivity index (χ3n) is 11.5. The maximum absolute atomic E-state index is 12.7. The van der Waals surface area contributed by atoms with Crippen LogP contribution < -0.4 is 0 Å². The smallest absolute Gasteiger partial charge is 0.306 e. The molecule has 6 heteroatoms. The number of carbonyl (C=O) groups excluding carboxylic acids is 3. The van der Waals surface area contributed by atoms with Crippen LogP contribution in [0.1, 0.15) is 266 Å². The van der Waals surface area contributed by atoms with Crippen LogP contribution in [0.2, 0.25) is 0 Å². The van der Waals surface area contributed by atoms with E-state index in [1.54, 1.807) is 0 Å². The van der Waals surface area contributed by atoms with Crippen LogP contribution in [0.4, 0.5) is 0 Å². The fraction of sp³-hybridized carbons (Fsp3) is 0.940. The number of hydrogen-bond donors (Lipinski definition) is 0. The van der Waals surface area contributed by atoms with Gasteiger partial charge in [-0.1, -0.05) is 228 Å². The number of carbonyl (C=O) groups is 3. The normalized spacial score (nSPS) is 12.6. The summed E-state index contributed by atoms with van der Waals surface area (Å²) in [6.07, 6.45) is 39.4. The Labute approximate surface area is 348 Å². The molecule has 0 N–H and O–H groups in total. The van der Waals surface area contributed by atoms with Crippen molar-refractivity contribution < 1.29 is 28.6 Å². The van der Waals surface area contributed by atoms with E-state index in [9.17, 15) is 14.4 Å². The minimum absolute atomic E-state index is 0.0657. The van der Waals surface area contributed by atoms with Crippen molar-refractivity contribution in [3.05, 3.63) is 0 Å². The molecule has 0 aliphatic heterocycles. The summed E-state index contributed by atoms with van der Waals surface area (Å²) in [5, 5.41) is 0. The first-order chi connectivity index (χ1) is 27.1. The molecule has 0 aromatic carbocycles. The zero-order chi connectivity index (χ0) is 41.3. The van der Waals surface area contributed by atoms with E-state index >= 15 is 0 Å². The maximum atomic E-state index is 12.7. The fourth-order valence-electron chi connectivity index (χ4n) is 7.38. The Kier molecular flexibility index (Phi) is 40.4. The highest BCUT2D eigenvalue weighted by molar-refractivity contribution is 5.71. The largest absolute Gasteiger partial charge is 0.462 e. The van der Waals surface area contributed by atoms with Gasteiger partial charge in [0.2, 0.25) is 0 Å². The van der Waals surface area contributed by atoms with Gasteiger partial charge in [0.1, 0.15) is 13.2 Å². The summed E-state index contributed by atoms with van der Waals surface area (Å²) in [5.74, 6) is 1.62. The van der Waals surface area contributed by atoms with E-state index in [0.29, 0.717) is 19.3 Å². The zero-order valence-corrected chi connectivity index (χ0v) is 38.4. The number of ether oxygens (including phenoxy) is 3. The summed E-state index contributed by atoms with van der Waals surface area (Å²) in [6.45, 7) is 13.7. The summed E-state index contributed by atoms with van der Waals surface area (Å²) in [6, 6.07) is 0. The molecule has 0 rings (SSSR count). The lowest BCUT2D eigenvalue weighted by Crippen LogP contribution is -2.30. The molecule has 0 radical (unpaired) electrons. The van der Waals surface area contributed by atoms with Gasteiger partial charge in [-0.25, -0.2) is 0 Å². The zero-order valence-electron chi connectivity index (χ0n) is 38.4. The summed E-state index contributed by atoms with van der Waals surface area (Å²) in [4.78, 5) is 37.8. The third kappa shape index (κ3) is 42.0. The molecule has 0 spiro atoms. The van der Waals surface area contributed by atoms with Crippen LogP contribution >= 0.6 is 0 Å². The Hall–Kier alpha value is -1.59. The van der Waals surface area contributed by atoms with E-state index in [2.05, 4.69) is 41.5 Å². The molecule has 0 aromatic heterocycles. The van der Waals surface area contributed by atoms with E-state index in [4.69, 9.17) is 14.2 Å². The summed E-state index contributed by atoms with van der Waals surface area (Å²) >= 11 is 0. The molecular weight excluding hydrogens is 697 g/mol. The molecule has 1 unspecified atom stereocenters. The number of esters is 3. The number of rotatable bonds is 43. The predicted molar refractivity (Wildman–Crippen MR) is 238 cm³/mol. The number of hydrogen-bond acceptors (Lipinski definition) is 6. The first-order valence-electron chi connectivity index (χ1n) is 24.6. The van der Waals surface area contributed by atoms with Crippen molar-refractivity contribution in [2.75, 3.05) is 13.2 Å². The Morgan fingerprint density at radius 1 is 0.357 bits per heavy atom. The van der Waals surface area contributed by atoms with Crippen molar-refractivity contribution in [3.8, 4) is 0 Å². The van der Waals surface area contributed by atoms with E-state index < -0.39 is 6.10 Å². The van der Waals surface area contributed by atoms with Crippen LogP contribution in [0.3, 0.4) is 0 Å². The molecule has 0 aliphatic carbocycles. The first-order valence-corrected chi connectivity index (χ1v) is 24.6. The van der Waals surface area contributed by atoms with Gasteiger partial charge in [-0.3, -0.25) is 14.4 Å². The predicted octanol–water partition coefficient (Wildman–Crippen LogP) is 15.6. The van der Waals surface area contributed by atoms with Gasteiger partial charge in [0, 0.05) is 19.3 Å². The Balaban J connectivity index is 4.33. The molecule has 0 heterocycles. The minimum atomic E-state index is -0.762. The van der Waals surface area contributed by atoms with Crippen molar-refractivity contribution in [1.29, 1.82) is 0 Å². The van der Waals surface area contributed by atoms with Gasteiger partial charge in [-0.2, -0.15) is 0 Å². The summed E-state index contributed by atoms with van der Waals surface area (Å²) < 4.78 is 16.8. The SMILES string of the molecule is CCC(C)CCCCCCCCCCCCC(=O)OC[C@H](COC(=O)CCCCCCCCCCCCC(C)C)OC(=O)CCCCCCCCCCC(C)C.